The average Bonchev–Trinajstić information content (AvgIpc) is 3.63. The van der Waals surface area contributed by atoms with Crippen molar-refractivity contribution in [1.29, 1.82) is 0 Å². The lowest BCUT2D eigenvalue weighted by Gasteiger charge is -2.08. The van der Waals surface area contributed by atoms with E-state index in [1.807, 2.05) is 6.07 Å². The first kappa shape index (κ1) is 23.2. The predicted octanol–water partition coefficient (Wildman–Crippen LogP) is 10.1. The van der Waals surface area contributed by atoms with Gasteiger partial charge in [0, 0.05) is 36.0 Å². The van der Waals surface area contributed by atoms with Crippen molar-refractivity contribution in [1.82, 2.24) is 15.0 Å². The van der Waals surface area contributed by atoms with E-state index in [9.17, 15) is 0 Å². The third kappa shape index (κ3) is 4.08. The molecule has 0 N–H and O–H groups in total. The molecular formula is C35H21N3S2. The molecule has 8 aromatic rings. The Morgan fingerprint density at radius 1 is 0.375 bits per heavy atom. The van der Waals surface area contributed by atoms with Gasteiger partial charge in [0.25, 0.3) is 0 Å². The molecule has 188 valence electrons. The zero-order valence-corrected chi connectivity index (χ0v) is 22.9. The minimum absolute atomic E-state index is 0.675. The van der Waals surface area contributed by atoms with Crippen LogP contribution >= 0.6 is 22.7 Å². The van der Waals surface area contributed by atoms with E-state index in [1.54, 1.807) is 22.7 Å². The second kappa shape index (κ2) is 9.49. The Morgan fingerprint density at radius 3 is 1.80 bits per heavy atom. The molecule has 0 aliphatic rings. The number of hydrogen-bond donors (Lipinski definition) is 0. The van der Waals surface area contributed by atoms with E-state index in [4.69, 9.17) is 15.0 Å². The monoisotopic (exact) mass is 547 g/mol. The van der Waals surface area contributed by atoms with Gasteiger partial charge in [0.15, 0.2) is 17.5 Å². The highest BCUT2D eigenvalue weighted by molar-refractivity contribution is 7.25. The van der Waals surface area contributed by atoms with E-state index >= 15 is 0 Å². The zero-order chi connectivity index (χ0) is 26.5. The summed E-state index contributed by atoms with van der Waals surface area (Å²) < 4.78 is 3.74. The summed E-state index contributed by atoms with van der Waals surface area (Å²) in [5, 5.41) is 3.75. The van der Waals surface area contributed by atoms with Gasteiger partial charge in [-0.25, -0.2) is 15.0 Å². The minimum atomic E-state index is 0.675. The molecule has 0 saturated heterocycles. The first-order valence-corrected chi connectivity index (χ1v) is 14.7. The number of hydrogen-bond acceptors (Lipinski definition) is 5. The number of benzene rings is 5. The molecule has 0 spiro atoms. The van der Waals surface area contributed by atoms with Crippen LogP contribution in [0.25, 0.3) is 74.9 Å². The first-order chi connectivity index (χ1) is 19.8. The molecule has 3 heterocycles. The third-order valence-corrected chi connectivity index (χ3v) is 9.41. The smallest absolute Gasteiger partial charge is 0.174 e. The summed E-state index contributed by atoms with van der Waals surface area (Å²) >= 11 is 3.52. The Bertz CT molecular complexity index is 2130. The van der Waals surface area contributed by atoms with Gasteiger partial charge in [0.05, 0.1) is 4.88 Å². The predicted molar refractivity (Wildman–Crippen MR) is 170 cm³/mol. The van der Waals surface area contributed by atoms with E-state index in [0.29, 0.717) is 17.5 Å². The molecule has 0 bridgehead atoms. The van der Waals surface area contributed by atoms with Gasteiger partial charge in [0.2, 0.25) is 0 Å². The van der Waals surface area contributed by atoms with Crippen LogP contribution in [0.15, 0.2) is 127 Å². The van der Waals surface area contributed by atoms with Gasteiger partial charge in [-0.2, -0.15) is 0 Å². The Morgan fingerprint density at radius 2 is 0.975 bits per heavy atom. The molecule has 0 fully saturated rings. The highest BCUT2D eigenvalue weighted by Crippen LogP contribution is 2.37. The van der Waals surface area contributed by atoms with E-state index in [2.05, 4.69) is 121 Å². The first-order valence-electron chi connectivity index (χ1n) is 13.1. The van der Waals surface area contributed by atoms with Gasteiger partial charge in [0.1, 0.15) is 0 Å². The molecule has 0 saturated carbocycles. The number of aromatic nitrogens is 3. The van der Waals surface area contributed by atoms with Crippen LogP contribution in [0.2, 0.25) is 0 Å². The topological polar surface area (TPSA) is 38.7 Å². The Kier molecular flexibility index (Phi) is 5.50. The minimum Gasteiger partial charge on any atom is -0.208 e. The molecule has 0 atom stereocenters. The van der Waals surface area contributed by atoms with Gasteiger partial charge < -0.3 is 0 Å². The summed E-state index contributed by atoms with van der Waals surface area (Å²) in [5.74, 6) is 2.06. The molecule has 5 heteroatoms. The number of fused-ring (bicyclic) bond motifs is 4. The van der Waals surface area contributed by atoms with Crippen molar-refractivity contribution in [2.24, 2.45) is 0 Å². The molecule has 0 aliphatic heterocycles. The normalized spacial score (nSPS) is 11.5. The molecule has 0 radical (unpaired) electrons. The van der Waals surface area contributed by atoms with Crippen molar-refractivity contribution >= 4 is 52.9 Å². The van der Waals surface area contributed by atoms with Gasteiger partial charge in [-0.15, -0.1) is 22.7 Å². The molecule has 0 unspecified atom stereocenters. The van der Waals surface area contributed by atoms with E-state index in [-0.39, 0.29) is 0 Å². The summed E-state index contributed by atoms with van der Waals surface area (Å²) in [6, 6.07) is 44.6. The Labute approximate surface area is 239 Å². The fraction of sp³-hybridized carbons (Fsp3) is 0. The van der Waals surface area contributed by atoms with Crippen LogP contribution in [0.3, 0.4) is 0 Å². The lowest BCUT2D eigenvalue weighted by Crippen LogP contribution is -1.99. The molecule has 8 rings (SSSR count). The summed E-state index contributed by atoms with van der Waals surface area (Å²) in [5.41, 5.74) is 4.31. The molecule has 3 aromatic heterocycles. The summed E-state index contributed by atoms with van der Waals surface area (Å²) in [6.07, 6.45) is 0. The quantitative estimate of drug-likeness (QED) is 0.220. The van der Waals surface area contributed by atoms with Crippen molar-refractivity contribution in [3.8, 4) is 44.6 Å². The van der Waals surface area contributed by atoms with Crippen LogP contribution in [-0.2, 0) is 0 Å². The third-order valence-electron chi connectivity index (χ3n) is 7.17. The fourth-order valence-corrected chi connectivity index (χ4v) is 7.29. The SMILES string of the molecule is c1ccc(-c2ccc(-c3nc(-c4ccc5c(c4)sc4ccccc45)nc(-c4cc5ccccc5s4)n3)cc2)cc1. The standard InChI is InChI=1S/C35H21N3S2/c1-2-8-22(9-3-1)23-14-16-24(17-15-23)33-36-34(38-35(37-33)32-20-25-10-4-6-12-29(25)39-32)26-18-19-28-27-11-5-7-13-30(27)40-31(28)21-26/h1-21H. The van der Waals surface area contributed by atoms with E-state index in [0.717, 1.165) is 16.0 Å². The van der Waals surface area contributed by atoms with Crippen molar-refractivity contribution in [3.05, 3.63) is 127 Å². The van der Waals surface area contributed by atoms with Crippen LogP contribution in [0, 0.1) is 0 Å². The van der Waals surface area contributed by atoms with E-state index < -0.39 is 0 Å². The summed E-state index contributed by atoms with van der Waals surface area (Å²) in [4.78, 5) is 16.0. The lowest BCUT2D eigenvalue weighted by atomic mass is 10.0. The second-order valence-electron chi connectivity index (χ2n) is 9.71. The molecule has 3 nitrogen and oxygen atoms in total. The van der Waals surface area contributed by atoms with Crippen LogP contribution in [0.1, 0.15) is 0 Å². The molecule has 40 heavy (non-hydrogen) atoms. The van der Waals surface area contributed by atoms with Crippen molar-refractivity contribution in [2.75, 3.05) is 0 Å². The molecular weight excluding hydrogens is 527 g/mol. The van der Waals surface area contributed by atoms with Gasteiger partial charge in [-0.3, -0.25) is 0 Å². The molecule has 5 aromatic carbocycles. The number of thiophene rings is 2. The molecule has 0 amide bonds. The van der Waals surface area contributed by atoms with Gasteiger partial charge in [-0.1, -0.05) is 103 Å². The maximum Gasteiger partial charge on any atom is 0.174 e. The number of nitrogens with zero attached hydrogens (tertiary/aromatic N) is 3. The van der Waals surface area contributed by atoms with Gasteiger partial charge >= 0.3 is 0 Å². The maximum absolute atomic E-state index is 5.01. The van der Waals surface area contributed by atoms with Crippen molar-refractivity contribution in [2.45, 2.75) is 0 Å². The van der Waals surface area contributed by atoms with Crippen LogP contribution in [-0.4, -0.2) is 15.0 Å². The molecule has 0 aliphatic carbocycles. The highest BCUT2D eigenvalue weighted by atomic mass is 32.1. The van der Waals surface area contributed by atoms with Crippen LogP contribution in [0.4, 0.5) is 0 Å². The second-order valence-corrected chi connectivity index (χ2v) is 11.9. The maximum atomic E-state index is 5.01. The lowest BCUT2D eigenvalue weighted by molar-refractivity contribution is 1.08. The number of rotatable bonds is 4. The highest BCUT2D eigenvalue weighted by Gasteiger charge is 2.15. The van der Waals surface area contributed by atoms with Crippen molar-refractivity contribution < 1.29 is 0 Å². The largest absolute Gasteiger partial charge is 0.208 e. The van der Waals surface area contributed by atoms with Crippen molar-refractivity contribution in [3.63, 3.8) is 0 Å². The zero-order valence-electron chi connectivity index (χ0n) is 21.3. The summed E-state index contributed by atoms with van der Waals surface area (Å²) in [6.45, 7) is 0. The average molecular weight is 548 g/mol. The van der Waals surface area contributed by atoms with Gasteiger partial charge in [-0.05, 0) is 40.8 Å². The Hall–Kier alpha value is -4.71. The summed E-state index contributed by atoms with van der Waals surface area (Å²) in [7, 11) is 0. The van der Waals surface area contributed by atoms with Crippen LogP contribution in [0.5, 0.6) is 0 Å². The van der Waals surface area contributed by atoms with E-state index in [1.165, 1.54) is 41.4 Å². The Balaban J connectivity index is 1.28. The van der Waals surface area contributed by atoms with Crippen LogP contribution < -0.4 is 0 Å². The fourth-order valence-electron chi connectivity index (χ4n) is 5.14.